The van der Waals surface area contributed by atoms with Gasteiger partial charge in [0.05, 0.1) is 21.5 Å². The van der Waals surface area contributed by atoms with Crippen LogP contribution in [-0.4, -0.2) is 25.7 Å². The number of aliphatic hydroxyl groups excluding tert-OH is 1. The van der Waals surface area contributed by atoms with Gasteiger partial charge in [0.2, 0.25) is 10.0 Å². The van der Waals surface area contributed by atoms with E-state index in [0.717, 1.165) is 6.07 Å². The van der Waals surface area contributed by atoms with Gasteiger partial charge in [-0.15, -0.1) is 0 Å². The topological polar surface area (TPSA) is 66.4 Å². The Hall–Kier alpha value is -0.500. The molecule has 4 nitrogen and oxygen atoms in total. The van der Waals surface area contributed by atoms with Crippen molar-refractivity contribution in [1.82, 2.24) is 4.72 Å². The molecule has 0 fully saturated rings. The van der Waals surface area contributed by atoms with E-state index in [9.17, 15) is 17.9 Å². The van der Waals surface area contributed by atoms with E-state index in [4.69, 9.17) is 0 Å². The fraction of sp³-hybridized carbons (Fsp3) is 0.455. The number of benzene rings is 1. The summed E-state index contributed by atoms with van der Waals surface area (Å²) in [7, 11) is -3.85. The van der Waals surface area contributed by atoms with Crippen molar-refractivity contribution >= 4 is 26.0 Å². The van der Waals surface area contributed by atoms with Gasteiger partial charge in [-0.2, -0.15) is 0 Å². The van der Waals surface area contributed by atoms with Crippen LogP contribution in [-0.2, 0) is 10.0 Å². The molecular weight excluding hydrogens is 325 g/mol. The summed E-state index contributed by atoms with van der Waals surface area (Å²) in [6, 6.07) is 3.55. The van der Waals surface area contributed by atoms with Crippen LogP contribution >= 0.6 is 15.9 Å². The van der Waals surface area contributed by atoms with Crippen LogP contribution in [0.2, 0.25) is 0 Å². The number of halogens is 2. The first-order chi connectivity index (χ1) is 8.24. The number of hydrogen-bond donors (Lipinski definition) is 2. The predicted molar refractivity (Wildman–Crippen MR) is 70.2 cm³/mol. The summed E-state index contributed by atoms with van der Waals surface area (Å²) in [5.41, 5.74) is -0.956. The molecule has 0 heterocycles. The first-order valence-corrected chi connectivity index (χ1v) is 7.61. The second kappa shape index (κ2) is 5.64. The molecule has 0 bridgehead atoms. The molecule has 1 rings (SSSR count). The van der Waals surface area contributed by atoms with Crippen molar-refractivity contribution in [1.29, 1.82) is 0 Å². The molecular formula is C11H15BrFNO3S. The minimum Gasteiger partial charge on any atom is -0.394 e. The molecule has 0 saturated carbocycles. The average Bonchev–Trinajstić information content (AvgIpc) is 2.32. The highest BCUT2D eigenvalue weighted by Gasteiger charge is 2.28. The van der Waals surface area contributed by atoms with Crippen LogP contribution in [0.4, 0.5) is 4.39 Å². The fourth-order valence-electron chi connectivity index (χ4n) is 1.24. The van der Waals surface area contributed by atoms with Crippen LogP contribution in [0.5, 0.6) is 0 Å². The minimum atomic E-state index is -3.85. The molecule has 0 aliphatic heterocycles. The van der Waals surface area contributed by atoms with E-state index in [1.54, 1.807) is 13.8 Å². The zero-order valence-corrected chi connectivity index (χ0v) is 12.5. The Bertz CT molecular complexity index is 529. The third-order valence-electron chi connectivity index (χ3n) is 2.71. The van der Waals surface area contributed by atoms with Gasteiger partial charge >= 0.3 is 0 Å². The largest absolute Gasteiger partial charge is 0.394 e. The lowest BCUT2D eigenvalue weighted by atomic mass is 10.0. The monoisotopic (exact) mass is 339 g/mol. The maximum Gasteiger partial charge on any atom is 0.241 e. The standard InChI is InChI=1S/C11H15BrFNO3S/c1-3-11(2,7-15)14-18(16,17)8-4-5-9(12)10(13)6-8/h4-6,14-15H,3,7H2,1-2H3. The molecule has 0 radical (unpaired) electrons. The number of rotatable bonds is 5. The third kappa shape index (κ3) is 3.50. The molecule has 0 aliphatic carbocycles. The first-order valence-electron chi connectivity index (χ1n) is 5.34. The van der Waals surface area contributed by atoms with Gasteiger partial charge in [-0.05, 0) is 47.5 Å². The summed E-state index contributed by atoms with van der Waals surface area (Å²) >= 11 is 2.95. The maximum absolute atomic E-state index is 13.3. The number of nitrogens with one attached hydrogen (secondary N) is 1. The molecule has 102 valence electrons. The molecule has 0 aromatic heterocycles. The molecule has 0 amide bonds. The molecule has 7 heteroatoms. The summed E-state index contributed by atoms with van der Waals surface area (Å²) in [4.78, 5) is -0.170. The Morgan fingerprint density at radius 3 is 2.56 bits per heavy atom. The lowest BCUT2D eigenvalue weighted by Gasteiger charge is -2.26. The van der Waals surface area contributed by atoms with Gasteiger partial charge in [0.15, 0.2) is 0 Å². The predicted octanol–water partition coefficient (Wildman–Crippen LogP) is 2.03. The summed E-state index contributed by atoms with van der Waals surface area (Å²) in [6.07, 6.45) is 0.418. The lowest BCUT2D eigenvalue weighted by molar-refractivity contribution is 0.191. The Balaban J connectivity index is 3.10. The van der Waals surface area contributed by atoms with E-state index < -0.39 is 21.4 Å². The van der Waals surface area contributed by atoms with Gasteiger partial charge in [0, 0.05) is 0 Å². The zero-order valence-electron chi connectivity index (χ0n) is 10.1. The summed E-state index contributed by atoms with van der Waals surface area (Å²) in [6.45, 7) is 3.00. The van der Waals surface area contributed by atoms with Gasteiger partial charge < -0.3 is 5.11 Å². The summed E-state index contributed by atoms with van der Waals surface area (Å²) in [5.74, 6) is -0.653. The normalized spacial score (nSPS) is 15.4. The second-order valence-corrected chi connectivity index (χ2v) is 6.79. The van der Waals surface area contributed by atoms with Crippen molar-refractivity contribution in [2.75, 3.05) is 6.61 Å². The Morgan fingerprint density at radius 1 is 1.50 bits per heavy atom. The Kier molecular flexibility index (Phi) is 4.88. The van der Waals surface area contributed by atoms with Gasteiger partial charge in [-0.25, -0.2) is 17.5 Å². The highest BCUT2D eigenvalue weighted by molar-refractivity contribution is 9.10. The van der Waals surface area contributed by atoms with Crippen LogP contribution < -0.4 is 4.72 Å². The molecule has 1 aromatic carbocycles. The highest BCUT2D eigenvalue weighted by Crippen LogP contribution is 2.21. The number of sulfonamides is 1. The van der Waals surface area contributed by atoms with Crippen LogP contribution in [0, 0.1) is 5.82 Å². The Labute approximate surface area is 114 Å². The molecule has 0 saturated heterocycles. The van der Waals surface area contributed by atoms with Crippen LogP contribution in [0.3, 0.4) is 0 Å². The first kappa shape index (κ1) is 15.6. The van der Waals surface area contributed by atoms with Crippen LogP contribution in [0.25, 0.3) is 0 Å². The van der Waals surface area contributed by atoms with Crippen molar-refractivity contribution in [3.05, 3.63) is 28.5 Å². The van der Waals surface area contributed by atoms with E-state index in [-0.39, 0.29) is 16.0 Å². The summed E-state index contributed by atoms with van der Waals surface area (Å²) in [5, 5.41) is 9.19. The molecule has 1 atom stereocenters. The minimum absolute atomic E-state index is 0.170. The number of aliphatic hydroxyl groups is 1. The quantitative estimate of drug-likeness (QED) is 0.862. The third-order valence-corrected chi connectivity index (χ3v) is 4.99. The maximum atomic E-state index is 13.3. The van der Waals surface area contributed by atoms with E-state index in [2.05, 4.69) is 20.7 Å². The molecule has 0 spiro atoms. The molecule has 0 aliphatic rings. The van der Waals surface area contributed by atoms with Crippen molar-refractivity contribution in [2.24, 2.45) is 0 Å². The highest BCUT2D eigenvalue weighted by atomic mass is 79.9. The second-order valence-electron chi connectivity index (χ2n) is 4.25. The zero-order chi connectivity index (χ0) is 14.0. The average molecular weight is 340 g/mol. The molecule has 18 heavy (non-hydrogen) atoms. The van der Waals surface area contributed by atoms with E-state index in [1.807, 2.05) is 0 Å². The van der Waals surface area contributed by atoms with E-state index >= 15 is 0 Å². The lowest BCUT2D eigenvalue weighted by Crippen LogP contribution is -2.48. The summed E-state index contributed by atoms with van der Waals surface area (Å²) < 4.78 is 39.9. The van der Waals surface area contributed by atoms with Crippen molar-refractivity contribution in [2.45, 2.75) is 30.7 Å². The van der Waals surface area contributed by atoms with E-state index in [0.29, 0.717) is 6.42 Å². The van der Waals surface area contributed by atoms with Crippen molar-refractivity contribution in [3.63, 3.8) is 0 Å². The smallest absolute Gasteiger partial charge is 0.241 e. The SMILES string of the molecule is CCC(C)(CO)NS(=O)(=O)c1ccc(Br)c(F)c1. The Morgan fingerprint density at radius 2 is 2.11 bits per heavy atom. The van der Waals surface area contributed by atoms with Crippen molar-refractivity contribution in [3.8, 4) is 0 Å². The van der Waals surface area contributed by atoms with Gasteiger partial charge in [0.1, 0.15) is 5.82 Å². The van der Waals surface area contributed by atoms with Gasteiger partial charge in [0.25, 0.3) is 0 Å². The van der Waals surface area contributed by atoms with Crippen LogP contribution in [0.15, 0.2) is 27.6 Å². The van der Waals surface area contributed by atoms with Crippen LogP contribution in [0.1, 0.15) is 20.3 Å². The molecule has 1 aromatic rings. The van der Waals surface area contributed by atoms with Gasteiger partial charge in [-0.3, -0.25) is 0 Å². The molecule has 2 N–H and O–H groups in total. The van der Waals surface area contributed by atoms with Gasteiger partial charge in [-0.1, -0.05) is 6.92 Å². The van der Waals surface area contributed by atoms with Crippen molar-refractivity contribution < 1.29 is 17.9 Å². The molecule has 1 unspecified atom stereocenters. The number of hydrogen-bond acceptors (Lipinski definition) is 3. The fourth-order valence-corrected chi connectivity index (χ4v) is 2.97. The van der Waals surface area contributed by atoms with E-state index in [1.165, 1.54) is 12.1 Å².